The molecule has 3 rings (SSSR count). The van der Waals surface area contributed by atoms with Crippen molar-refractivity contribution in [3.63, 3.8) is 0 Å². The quantitative estimate of drug-likeness (QED) is 0.572. The van der Waals surface area contributed by atoms with Crippen LogP contribution in [-0.4, -0.2) is 40.4 Å². The minimum atomic E-state index is -4.60. The van der Waals surface area contributed by atoms with Crippen molar-refractivity contribution in [3.05, 3.63) is 53.0 Å². The van der Waals surface area contributed by atoms with Gasteiger partial charge in [0.05, 0.1) is 19.9 Å². The van der Waals surface area contributed by atoms with Crippen molar-refractivity contribution in [2.24, 2.45) is 0 Å². The number of amides is 1. The third-order valence-corrected chi connectivity index (χ3v) is 4.26. The third-order valence-electron chi connectivity index (χ3n) is 4.01. The maximum Gasteiger partial charge on any atom is 0.425 e. The van der Waals surface area contributed by atoms with E-state index in [1.165, 1.54) is 37.4 Å². The molecular formula is C19H16ClF3N4O4. The number of rotatable bonds is 7. The summed E-state index contributed by atoms with van der Waals surface area (Å²) < 4.78 is 53.7. The van der Waals surface area contributed by atoms with E-state index in [2.05, 4.69) is 20.4 Å². The fourth-order valence-electron chi connectivity index (χ4n) is 2.34. The molecule has 0 bridgehead atoms. The molecule has 0 aliphatic rings. The average molecular weight is 457 g/mol. The van der Waals surface area contributed by atoms with Gasteiger partial charge >= 0.3 is 6.18 Å². The highest BCUT2D eigenvalue weighted by Gasteiger charge is 2.39. The Hall–Kier alpha value is -3.34. The number of nitrogens with zero attached hydrogens (tertiary/aromatic N) is 3. The van der Waals surface area contributed by atoms with Crippen molar-refractivity contribution in [2.45, 2.75) is 25.7 Å². The van der Waals surface area contributed by atoms with Crippen LogP contribution in [0.15, 0.2) is 41.1 Å². The Kier molecular flexibility index (Phi) is 6.64. The summed E-state index contributed by atoms with van der Waals surface area (Å²) in [5.74, 6) is -0.429. The first-order chi connectivity index (χ1) is 14.7. The zero-order valence-corrected chi connectivity index (χ0v) is 17.0. The van der Waals surface area contributed by atoms with Crippen LogP contribution in [0.2, 0.25) is 5.02 Å². The molecule has 1 aromatic carbocycles. The van der Waals surface area contributed by atoms with Crippen LogP contribution < -0.4 is 14.8 Å². The lowest BCUT2D eigenvalue weighted by atomic mass is 10.1. The number of benzene rings is 1. The summed E-state index contributed by atoms with van der Waals surface area (Å²) in [6.45, 7) is 0.829. The lowest BCUT2D eigenvalue weighted by Crippen LogP contribution is -2.32. The number of hydrogen-bond acceptors (Lipinski definition) is 7. The van der Waals surface area contributed by atoms with Gasteiger partial charge in [0.25, 0.3) is 11.8 Å². The third kappa shape index (κ3) is 5.63. The first-order valence-electron chi connectivity index (χ1n) is 8.81. The van der Waals surface area contributed by atoms with E-state index in [0.29, 0.717) is 16.3 Å². The Balaban J connectivity index is 1.86. The Morgan fingerprint density at radius 3 is 2.61 bits per heavy atom. The van der Waals surface area contributed by atoms with Gasteiger partial charge in [0, 0.05) is 16.7 Å². The molecule has 8 nitrogen and oxygen atoms in total. The molecule has 31 heavy (non-hydrogen) atoms. The molecule has 0 spiro atoms. The number of hydrogen-bond donors (Lipinski definition) is 1. The van der Waals surface area contributed by atoms with Crippen LogP contribution in [0.25, 0.3) is 11.3 Å². The number of nitrogens with one attached hydrogen (secondary N) is 1. The maximum absolute atomic E-state index is 12.9. The van der Waals surface area contributed by atoms with Crippen molar-refractivity contribution in [2.75, 3.05) is 7.11 Å². The second kappa shape index (κ2) is 9.21. The number of carbonyl (C=O) groups excluding carboxylic acids is 1. The summed E-state index contributed by atoms with van der Waals surface area (Å²) in [6, 6.07) is 7.60. The van der Waals surface area contributed by atoms with Gasteiger partial charge in [-0.25, -0.2) is 9.97 Å². The number of ether oxygens (including phenoxy) is 2. The van der Waals surface area contributed by atoms with Crippen LogP contribution in [0.3, 0.4) is 0 Å². The molecule has 1 N–H and O–H groups in total. The Labute approximate surface area is 179 Å². The normalized spacial score (nSPS) is 12.3. The number of methoxy groups -OCH3 is 1. The molecule has 2 heterocycles. The van der Waals surface area contributed by atoms with Crippen molar-refractivity contribution < 1.29 is 32.0 Å². The molecule has 0 aliphatic heterocycles. The standard InChI is InChI=1S/C19H16ClF3N4O4/c1-10(19(21,22)23)30-18-16(11-3-5-12(20)6-4-11)26-14(9-25-18)17(28)24-8-13-7-15(29-2)27-31-13/h3-7,9-10H,8H2,1-2H3,(H,24,28). The van der Waals surface area contributed by atoms with Gasteiger partial charge < -0.3 is 19.3 Å². The molecule has 1 atom stereocenters. The van der Waals surface area contributed by atoms with Crippen LogP contribution in [0, 0.1) is 0 Å². The molecule has 1 amide bonds. The van der Waals surface area contributed by atoms with E-state index in [4.69, 9.17) is 25.6 Å². The van der Waals surface area contributed by atoms with Crippen molar-refractivity contribution >= 4 is 17.5 Å². The van der Waals surface area contributed by atoms with Crippen LogP contribution in [-0.2, 0) is 6.54 Å². The van der Waals surface area contributed by atoms with E-state index in [1.54, 1.807) is 0 Å². The van der Waals surface area contributed by atoms with E-state index in [1.807, 2.05) is 0 Å². The smallest absolute Gasteiger partial charge is 0.425 e. The first-order valence-corrected chi connectivity index (χ1v) is 9.19. The molecule has 0 saturated heterocycles. The van der Waals surface area contributed by atoms with E-state index < -0.39 is 18.2 Å². The highest BCUT2D eigenvalue weighted by molar-refractivity contribution is 6.30. The van der Waals surface area contributed by atoms with Gasteiger partial charge in [0.15, 0.2) is 11.9 Å². The second-order valence-corrected chi connectivity index (χ2v) is 6.67. The minimum absolute atomic E-state index is 0.0174. The van der Waals surface area contributed by atoms with Crippen LogP contribution in [0.5, 0.6) is 11.8 Å². The number of alkyl halides is 3. The molecular weight excluding hydrogens is 441 g/mol. The zero-order valence-electron chi connectivity index (χ0n) is 16.2. The number of halogens is 4. The van der Waals surface area contributed by atoms with Gasteiger partial charge in [0.1, 0.15) is 11.4 Å². The SMILES string of the molecule is COc1cc(CNC(=O)c2cnc(OC(C)C(F)(F)F)c(-c3ccc(Cl)cc3)n2)on1. The molecule has 1 unspecified atom stereocenters. The van der Waals surface area contributed by atoms with E-state index in [-0.39, 0.29) is 29.7 Å². The fourth-order valence-corrected chi connectivity index (χ4v) is 2.46. The Morgan fingerprint density at radius 1 is 1.29 bits per heavy atom. The molecule has 2 aromatic heterocycles. The monoisotopic (exact) mass is 456 g/mol. The Morgan fingerprint density at radius 2 is 2.00 bits per heavy atom. The summed E-state index contributed by atoms with van der Waals surface area (Å²) in [5, 5.41) is 6.58. The zero-order chi connectivity index (χ0) is 22.6. The molecule has 0 aliphatic carbocycles. The van der Waals surface area contributed by atoms with Gasteiger partial charge in [-0.2, -0.15) is 13.2 Å². The van der Waals surface area contributed by atoms with Gasteiger partial charge in [-0.15, -0.1) is 0 Å². The molecule has 164 valence electrons. The van der Waals surface area contributed by atoms with Crippen molar-refractivity contribution in [1.82, 2.24) is 20.4 Å². The highest BCUT2D eigenvalue weighted by atomic mass is 35.5. The Bertz CT molecular complexity index is 1060. The summed E-state index contributed by atoms with van der Waals surface area (Å²) in [6.07, 6.45) is -5.71. The molecule has 3 aromatic rings. The highest BCUT2D eigenvalue weighted by Crippen LogP contribution is 2.31. The summed E-state index contributed by atoms with van der Waals surface area (Å²) in [5.41, 5.74) is 0.195. The van der Waals surface area contributed by atoms with Gasteiger partial charge in [-0.3, -0.25) is 4.79 Å². The predicted octanol–water partition coefficient (Wildman–Crippen LogP) is 4.05. The lowest BCUT2D eigenvalue weighted by molar-refractivity contribution is -0.189. The second-order valence-electron chi connectivity index (χ2n) is 6.24. The fraction of sp³-hybridized carbons (Fsp3) is 0.263. The first kappa shape index (κ1) is 22.3. The minimum Gasteiger partial charge on any atom is -0.479 e. The molecule has 0 saturated carbocycles. The summed E-state index contributed by atoms with van der Waals surface area (Å²) >= 11 is 5.87. The van der Waals surface area contributed by atoms with E-state index in [9.17, 15) is 18.0 Å². The van der Waals surface area contributed by atoms with Crippen molar-refractivity contribution in [3.8, 4) is 23.0 Å². The summed E-state index contributed by atoms with van der Waals surface area (Å²) in [4.78, 5) is 20.5. The molecule has 0 radical (unpaired) electrons. The summed E-state index contributed by atoms with van der Waals surface area (Å²) in [7, 11) is 1.41. The number of carbonyl (C=O) groups is 1. The van der Waals surface area contributed by atoms with Crippen LogP contribution in [0.4, 0.5) is 13.2 Å². The molecule has 0 fully saturated rings. The molecule has 12 heteroatoms. The van der Waals surface area contributed by atoms with Gasteiger partial charge in [0.2, 0.25) is 5.88 Å². The lowest BCUT2D eigenvalue weighted by Gasteiger charge is -2.18. The number of aromatic nitrogens is 3. The van der Waals surface area contributed by atoms with Crippen LogP contribution >= 0.6 is 11.6 Å². The largest absolute Gasteiger partial charge is 0.479 e. The topological polar surface area (TPSA) is 99.4 Å². The maximum atomic E-state index is 12.9. The van der Waals surface area contributed by atoms with Gasteiger partial charge in [-0.1, -0.05) is 23.7 Å². The van der Waals surface area contributed by atoms with E-state index in [0.717, 1.165) is 13.1 Å². The van der Waals surface area contributed by atoms with Crippen LogP contribution in [0.1, 0.15) is 23.2 Å². The average Bonchev–Trinajstić information content (AvgIpc) is 3.20. The van der Waals surface area contributed by atoms with Crippen molar-refractivity contribution in [1.29, 1.82) is 0 Å². The predicted molar refractivity (Wildman–Crippen MR) is 103 cm³/mol. The van der Waals surface area contributed by atoms with E-state index >= 15 is 0 Å². The van der Waals surface area contributed by atoms with Gasteiger partial charge in [-0.05, 0) is 24.2 Å².